The van der Waals surface area contributed by atoms with Gasteiger partial charge in [0.2, 0.25) is 5.91 Å². The average Bonchev–Trinajstić information content (AvgIpc) is 2.68. The van der Waals surface area contributed by atoms with Crippen molar-refractivity contribution in [2.75, 3.05) is 19.6 Å². The van der Waals surface area contributed by atoms with Crippen LogP contribution in [0.25, 0.3) is 0 Å². The molecular formula is C24H34N2O2. The van der Waals surface area contributed by atoms with E-state index in [4.69, 9.17) is 4.74 Å². The third-order valence-corrected chi connectivity index (χ3v) is 7.81. The van der Waals surface area contributed by atoms with Gasteiger partial charge in [-0.25, -0.2) is 0 Å². The maximum atomic E-state index is 11.3. The van der Waals surface area contributed by atoms with Crippen molar-refractivity contribution in [1.29, 1.82) is 0 Å². The summed E-state index contributed by atoms with van der Waals surface area (Å²) >= 11 is 0. The van der Waals surface area contributed by atoms with Crippen LogP contribution in [0.3, 0.4) is 0 Å². The smallest absolute Gasteiger partial charge is 0.220 e. The third-order valence-electron chi connectivity index (χ3n) is 7.81. The zero-order valence-electron chi connectivity index (χ0n) is 17.0. The molecule has 0 radical (unpaired) electrons. The monoisotopic (exact) mass is 382 g/mol. The van der Waals surface area contributed by atoms with E-state index in [9.17, 15) is 4.79 Å². The van der Waals surface area contributed by atoms with Crippen molar-refractivity contribution in [1.82, 2.24) is 10.2 Å². The molecule has 0 bridgehead atoms. The minimum absolute atomic E-state index is 0.0923. The second kappa shape index (κ2) is 7.70. The Morgan fingerprint density at radius 1 is 1.11 bits per heavy atom. The largest absolute Gasteiger partial charge is 0.487 e. The van der Waals surface area contributed by atoms with Crippen molar-refractivity contribution < 1.29 is 9.53 Å². The number of hydrogen-bond acceptors (Lipinski definition) is 3. The van der Waals surface area contributed by atoms with E-state index in [1.54, 1.807) is 0 Å². The summed E-state index contributed by atoms with van der Waals surface area (Å²) in [5, 5.41) is 3.01. The Kier molecular flexibility index (Phi) is 5.08. The van der Waals surface area contributed by atoms with Crippen molar-refractivity contribution in [3.8, 4) is 5.75 Å². The Morgan fingerprint density at radius 2 is 1.96 bits per heavy atom. The van der Waals surface area contributed by atoms with Crippen molar-refractivity contribution in [3.63, 3.8) is 0 Å². The Hall–Kier alpha value is -1.55. The molecule has 5 rings (SSSR count). The SMILES string of the molecule is O=C1CCC(CCc2ccc3c(c2)CCC2(CCN(C4CCC4)CC2)O3)CN1. The zero-order chi connectivity index (χ0) is 19.0. The van der Waals surface area contributed by atoms with E-state index in [1.807, 2.05) is 0 Å². The van der Waals surface area contributed by atoms with Crippen LogP contribution in [-0.4, -0.2) is 42.1 Å². The van der Waals surface area contributed by atoms with Crippen molar-refractivity contribution in [3.05, 3.63) is 29.3 Å². The fourth-order valence-corrected chi connectivity index (χ4v) is 5.53. The zero-order valence-corrected chi connectivity index (χ0v) is 17.0. The highest BCUT2D eigenvalue weighted by molar-refractivity contribution is 5.76. The molecule has 4 heteroatoms. The molecule has 1 aromatic carbocycles. The number of rotatable bonds is 4. The molecule has 4 nitrogen and oxygen atoms in total. The van der Waals surface area contributed by atoms with Crippen LogP contribution >= 0.6 is 0 Å². The van der Waals surface area contributed by atoms with E-state index < -0.39 is 0 Å². The first-order chi connectivity index (χ1) is 13.7. The summed E-state index contributed by atoms with van der Waals surface area (Å²) < 4.78 is 6.63. The number of amides is 1. The molecule has 152 valence electrons. The summed E-state index contributed by atoms with van der Waals surface area (Å²) in [5.74, 6) is 1.99. The molecule has 1 unspecified atom stereocenters. The highest BCUT2D eigenvalue weighted by atomic mass is 16.5. The summed E-state index contributed by atoms with van der Waals surface area (Å²) in [4.78, 5) is 14.0. The molecule has 1 amide bonds. The van der Waals surface area contributed by atoms with Crippen LogP contribution in [0, 0.1) is 5.92 Å². The summed E-state index contributed by atoms with van der Waals surface area (Å²) in [6.45, 7) is 3.29. The Labute approximate surface area is 169 Å². The lowest BCUT2D eigenvalue weighted by Gasteiger charge is -2.48. The van der Waals surface area contributed by atoms with E-state index in [-0.39, 0.29) is 11.5 Å². The van der Waals surface area contributed by atoms with Crippen molar-refractivity contribution in [2.45, 2.75) is 82.3 Å². The first-order valence-electron chi connectivity index (χ1n) is 11.5. The average molecular weight is 383 g/mol. The number of hydrogen-bond donors (Lipinski definition) is 1. The van der Waals surface area contributed by atoms with Crippen LogP contribution in [0.2, 0.25) is 0 Å². The highest BCUT2D eigenvalue weighted by Gasteiger charge is 2.41. The molecule has 1 N–H and O–H groups in total. The molecule has 1 aromatic rings. The molecule has 3 aliphatic heterocycles. The van der Waals surface area contributed by atoms with Crippen LogP contribution in [0.4, 0.5) is 0 Å². The molecule has 1 saturated carbocycles. The first kappa shape index (κ1) is 18.5. The summed E-state index contributed by atoms with van der Waals surface area (Å²) in [5.41, 5.74) is 2.92. The van der Waals surface area contributed by atoms with Gasteiger partial charge < -0.3 is 15.0 Å². The van der Waals surface area contributed by atoms with Crippen LogP contribution < -0.4 is 10.1 Å². The van der Waals surface area contributed by atoms with Gasteiger partial charge in [0.15, 0.2) is 0 Å². The van der Waals surface area contributed by atoms with E-state index in [0.29, 0.717) is 12.3 Å². The lowest BCUT2D eigenvalue weighted by atomic mass is 9.81. The summed E-state index contributed by atoms with van der Waals surface area (Å²) in [6, 6.07) is 7.75. The lowest BCUT2D eigenvalue weighted by Crippen LogP contribution is -2.53. The summed E-state index contributed by atoms with van der Waals surface area (Å²) in [7, 11) is 0. The number of aryl methyl sites for hydroxylation is 2. The number of likely N-dealkylation sites (tertiary alicyclic amines) is 1. The number of carbonyl (C=O) groups is 1. The van der Waals surface area contributed by atoms with Crippen LogP contribution in [-0.2, 0) is 17.6 Å². The van der Waals surface area contributed by atoms with E-state index >= 15 is 0 Å². The second-order valence-corrected chi connectivity index (χ2v) is 9.60. The van der Waals surface area contributed by atoms with Crippen LogP contribution in [0.15, 0.2) is 18.2 Å². The fourth-order valence-electron chi connectivity index (χ4n) is 5.53. The van der Waals surface area contributed by atoms with E-state index in [2.05, 4.69) is 28.4 Å². The molecule has 4 aliphatic rings. The standard InChI is InChI=1S/C24H34N2O2/c27-23-9-7-19(17-25-23)5-4-18-6-8-22-20(16-18)10-11-24(28-22)12-14-26(15-13-24)21-2-1-3-21/h6,8,16,19,21H,1-5,7,9-15,17H2,(H,25,27). The van der Waals surface area contributed by atoms with Gasteiger partial charge in [0, 0.05) is 32.1 Å². The lowest BCUT2D eigenvalue weighted by molar-refractivity contribution is -0.122. The summed E-state index contributed by atoms with van der Waals surface area (Å²) in [6.07, 6.45) is 13.0. The number of benzene rings is 1. The van der Waals surface area contributed by atoms with E-state index in [0.717, 1.165) is 37.6 Å². The molecule has 3 heterocycles. The van der Waals surface area contributed by atoms with Gasteiger partial charge in [-0.1, -0.05) is 18.6 Å². The van der Waals surface area contributed by atoms with E-state index in [1.165, 1.54) is 69.2 Å². The Morgan fingerprint density at radius 3 is 2.68 bits per heavy atom. The van der Waals surface area contributed by atoms with Gasteiger partial charge in [0.25, 0.3) is 0 Å². The third kappa shape index (κ3) is 3.80. The van der Waals surface area contributed by atoms with Gasteiger partial charge in [-0.3, -0.25) is 4.79 Å². The minimum atomic E-state index is 0.0923. The van der Waals surface area contributed by atoms with Gasteiger partial charge >= 0.3 is 0 Å². The number of fused-ring (bicyclic) bond motifs is 1. The molecule has 3 fully saturated rings. The number of carbonyl (C=O) groups excluding carboxylic acids is 1. The van der Waals surface area contributed by atoms with Crippen molar-refractivity contribution >= 4 is 5.91 Å². The second-order valence-electron chi connectivity index (χ2n) is 9.60. The van der Waals surface area contributed by atoms with Crippen LogP contribution in [0.1, 0.15) is 68.9 Å². The number of nitrogens with one attached hydrogen (secondary N) is 1. The van der Waals surface area contributed by atoms with Gasteiger partial charge in [-0.05, 0) is 80.9 Å². The number of nitrogens with zero attached hydrogens (tertiary/aromatic N) is 1. The molecule has 0 aromatic heterocycles. The van der Waals surface area contributed by atoms with Gasteiger partial charge in [-0.2, -0.15) is 0 Å². The normalized spacial score (nSPS) is 27.6. The topological polar surface area (TPSA) is 41.6 Å². The molecule has 1 aliphatic carbocycles. The van der Waals surface area contributed by atoms with Crippen molar-refractivity contribution in [2.24, 2.45) is 5.92 Å². The number of ether oxygens (including phenoxy) is 1. The van der Waals surface area contributed by atoms with Gasteiger partial charge in [0.05, 0.1) is 0 Å². The maximum absolute atomic E-state index is 11.3. The quantitative estimate of drug-likeness (QED) is 0.860. The fraction of sp³-hybridized carbons (Fsp3) is 0.708. The molecular weight excluding hydrogens is 348 g/mol. The first-order valence-corrected chi connectivity index (χ1v) is 11.5. The predicted octanol–water partition coefficient (Wildman–Crippen LogP) is 3.86. The molecule has 1 spiro atoms. The van der Waals surface area contributed by atoms with Crippen LogP contribution in [0.5, 0.6) is 5.75 Å². The Balaban J connectivity index is 1.16. The molecule has 28 heavy (non-hydrogen) atoms. The predicted molar refractivity (Wildman–Crippen MR) is 111 cm³/mol. The molecule has 2 saturated heterocycles. The Bertz CT molecular complexity index is 709. The van der Waals surface area contributed by atoms with Gasteiger partial charge in [0.1, 0.15) is 11.4 Å². The maximum Gasteiger partial charge on any atom is 0.220 e. The van der Waals surface area contributed by atoms with Gasteiger partial charge in [-0.15, -0.1) is 0 Å². The highest BCUT2D eigenvalue weighted by Crippen LogP contribution is 2.41. The minimum Gasteiger partial charge on any atom is -0.487 e. The molecule has 1 atom stereocenters. The number of piperidine rings is 2.